The standard InChI is InChI=1S/C19H20N4O3/c1-13(2)23-18-15(10-22-23)8-16(9-20-18)19(25)21-11-17(24)26-12-14-6-4-3-5-7-14/h3-10,13H,11-12H2,1-2H3,(H,21,25). The van der Waals surface area contributed by atoms with Gasteiger partial charge in [0.15, 0.2) is 5.65 Å². The van der Waals surface area contributed by atoms with Gasteiger partial charge >= 0.3 is 5.97 Å². The largest absolute Gasteiger partial charge is 0.460 e. The zero-order chi connectivity index (χ0) is 18.5. The van der Waals surface area contributed by atoms with E-state index in [1.54, 1.807) is 16.9 Å². The van der Waals surface area contributed by atoms with Crippen LogP contribution < -0.4 is 5.32 Å². The predicted molar refractivity (Wildman–Crippen MR) is 96.5 cm³/mol. The van der Waals surface area contributed by atoms with Crippen LogP contribution in [-0.2, 0) is 16.1 Å². The van der Waals surface area contributed by atoms with E-state index in [-0.39, 0.29) is 25.1 Å². The highest BCUT2D eigenvalue weighted by atomic mass is 16.5. The fraction of sp³-hybridized carbons (Fsp3) is 0.263. The second-order valence-corrected chi connectivity index (χ2v) is 6.15. The molecule has 0 aliphatic rings. The van der Waals surface area contributed by atoms with E-state index >= 15 is 0 Å². The van der Waals surface area contributed by atoms with E-state index in [2.05, 4.69) is 15.4 Å². The summed E-state index contributed by atoms with van der Waals surface area (Å²) in [6, 6.07) is 11.2. The van der Waals surface area contributed by atoms with Gasteiger partial charge in [-0.15, -0.1) is 0 Å². The molecule has 0 atom stereocenters. The first-order valence-corrected chi connectivity index (χ1v) is 8.35. The molecule has 0 fully saturated rings. The number of ether oxygens (including phenoxy) is 1. The molecule has 0 saturated heterocycles. The molecule has 0 saturated carbocycles. The van der Waals surface area contributed by atoms with Crippen LogP contribution >= 0.6 is 0 Å². The van der Waals surface area contributed by atoms with Crippen LogP contribution in [0.3, 0.4) is 0 Å². The van der Waals surface area contributed by atoms with Gasteiger partial charge in [0, 0.05) is 17.6 Å². The van der Waals surface area contributed by atoms with E-state index in [1.165, 1.54) is 6.20 Å². The quantitative estimate of drug-likeness (QED) is 0.689. The second kappa shape index (κ2) is 7.77. The van der Waals surface area contributed by atoms with Crippen molar-refractivity contribution in [1.29, 1.82) is 0 Å². The monoisotopic (exact) mass is 352 g/mol. The van der Waals surface area contributed by atoms with Gasteiger partial charge in [-0.1, -0.05) is 30.3 Å². The van der Waals surface area contributed by atoms with Gasteiger partial charge in [-0.05, 0) is 25.5 Å². The molecule has 134 valence electrons. The summed E-state index contributed by atoms with van der Waals surface area (Å²) in [4.78, 5) is 28.3. The molecule has 1 aromatic carbocycles. The van der Waals surface area contributed by atoms with Crippen molar-refractivity contribution in [1.82, 2.24) is 20.1 Å². The Bertz CT molecular complexity index is 919. The molecule has 0 radical (unpaired) electrons. The number of nitrogens with zero attached hydrogens (tertiary/aromatic N) is 3. The Morgan fingerprint density at radius 2 is 1.96 bits per heavy atom. The van der Waals surface area contributed by atoms with Gasteiger partial charge in [0.05, 0.1) is 11.8 Å². The SMILES string of the molecule is CC(C)n1ncc2cc(C(=O)NCC(=O)OCc3ccccc3)cnc21. The maximum absolute atomic E-state index is 12.2. The van der Waals surface area contributed by atoms with Crippen LogP contribution in [-0.4, -0.2) is 33.2 Å². The lowest BCUT2D eigenvalue weighted by Crippen LogP contribution is -2.30. The molecule has 3 aromatic rings. The van der Waals surface area contributed by atoms with E-state index in [9.17, 15) is 9.59 Å². The predicted octanol–water partition coefficient (Wildman–Crippen LogP) is 2.49. The van der Waals surface area contributed by atoms with Crippen molar-refractivity contribution in [3.05, 3.63) is 59.9 Å². The lowest BCUT2D eigenvalue weighted by atomic mass is 10.2. The van der Waals surface area contributed by atoms with Crippen molar-refractivity contribution in [3.8, 4) is 0 Å². The molecule has 0 spiro atoms. The van der Waals surface area contributed by atoms with Crippen molar-refractivity contribution in [2.24, 2.45) is 0 Å². The first-order chi connectivity index (χ1) is 12.5. The first-order valence-electron chi connectivity index (χ1n) is 8.35. The Kier molecular flexibility index (Phi) is 5.26. The molecule has 0 bridgehead atoms. The number of hydrogen-bond donors (Lipinski definition) is 1. The van der Waals surface area contributed by atoms with Crippen molar-refractivity contribution in [2.75, 3.05) is 6.54 Å². The Balaban J connectivity index is 1.56. The van der Waals surface area contributed by atoms with E-state index in [0.29, 0.717) is 5.56 Å². The number of carbonyl (C=O) groups excluding carboxylic acids is 2. The van der Waals surface area contributed by atoms with Crippen molar-refractivity contribution in [2.45, 2.75) is 26.5 Å². The molecule has 2 aromatic heterocycles. The van der Waals surface area contributed by atoms with Crippen LogP contribution in [0.15, 0.2) is 48.8 Å². The summed E-state index contributed by atoms with van der Waals surface area (Å²) in [5.74, 6) is -0.878. The number of nitrogens with one attached hydrogen (secondary N) is 1. The van der Waals surface area contributed by atoms with Crippen molar-refractivity contribution in [3.63, 3.8) is 0 Å². The Morgan fingerprint density at radius 3 is 2.69 bits per heavy atom. The minimum atomic E-state index is -0.496. The topological polar surface area (TPSA) is 86.1 Å². The third-order valence-corrected chi connectivity index (χ3v) is 3.82. The Labute approximate surface area is 151 Å². The molecule has 0 unspecified atom stereocenters. The maximum atomic E-state index is 12.2. The summed E-state index contributed by atoms with van der Waals surface area (Å²) in [5, 5.41) is 7.60. The molecule has 1 amide bonds. The van der Waals surface area contributed by atoms with Crippen LogP contribution in [0.1, 0.15) is 35.8 Å². The Morgan fingerprint density at radius 1 is 1.19 bits per heavy atom. The summed E-state index contributed by atoms with van der Waals surface area (Å²) >= 11 is 0. The van der Waals surface area contributed by atoms with Crippen molar-refractivity contribution < 1.29 is 14.3 Å². The zero-order valence-corrected chi connectivity index (χ0v) is 14.7. The lowest BCUT2D eigenvalue weighted by Gasteiger charge is -2.08. The average molecular weight is 352 g/mol. The molecule has 26 heavy (non-hydrogen) atoms. The Hall–Kier alpha value is -3.22. The van der Waals surface area contributed by atoms with Crippen LogP contribution in [0.5, 0.6) is 0 Å². The molecule has 7 heteroatoms. The van der Waals surface area contributed by atoms with E-state index in [4.69, 9.17) is 4.74 Å². The molecule has 0 aliphatic heterocycles. The fourth-order valence-corrected chi connectivity index (χ4v) is 2.49. The third-order valence-electron chi connectivity index (χ3n) is 3.82. The van der Waals surface area contributed by atoms with E-state index in [1.807, 2.05) is 44.2 Å². The number of rotatable bonds is 6. The molecular formula is C19H20N4O3. The smallest absolute Gasteiger partial charge is 0.325 e. The number of carbonyl (C=O) groups is 2. The first kappa shape index (κ1) is 17.6. The summed E-state index contributed by atoms with van der Waals surface area (Å²) in [6.45, 7) is 4.00. The van der Waals surface area contributed by atoms with Gasteiger partial charge in [0.1, 0.15) is 13.2 Å². The highest BCUT2D eigenvalue weighted by Gasteiger charge is 2.13. The van der Waals surface area contributed by atoms with Gasteiger partial charge < -0.3 is 10.1 Å². The number of aromatic nitrogens is 3. The fourth-order valence-electron chi connectivity index (χ4n) is 2.49. The van der Waals surface area contributed by atoms with E-state index in [0.717, 1.165) is 16.6 Å². The van der Waals surface area contributed by atoms with Gasteiger partial charge in [0.25, 0.3) is 5.91 Å². The number of esters is 1. The number of hydrogen-bond acceptors (Lipinski definition) is 5. The highest BCUT2D eigenvalue weighted by Crippen LogP contribution is 2.16. The van der Waals surface area contributed by atoms with Gasteiger partial charge in [-0.2, -0.15) is 5.10 Å². The van der Waals surface area contributed by atoms with Crippen molar-refractivity contribution >= 4 is 22.9 Å². The molecule has 3 rings (SSSR count). The van der Waals surface area contributed by atoms with Gasteiger partial charge in [-0.3, -0.25) is 9.59 Å². The summed E-state index contributed by atoms with van der Waals surface area (Å²) in [6.07, 6.45) is 3.15. The molecule has 7 nitrogen and oxygen atoms in total. The second-order valence-electron chi connectivity index (χ2n) is 6.15. The number of benzene rings is 1. The lowest BCUT2D eigenvalue weighted by molar-refractivity contribution is -0.143. The normalized spacial score (nSPS) is 10.9. The zero-order valence-electron chi connectivity index (χ0n) is 14.7. The molecule has 1 N–H and O–H groups in total. The van der Waals surface area contributed by atoms with Crippen LogP contribution in [0.25, 0.3) is 11.0 Å². The van der Waals surface area contributed by atoms with Crippen LogP contribution in [0.2, 0.25) is 0 Å². The van der Waals surface area contributed by atoms with Gasteiger partial charge in [0.2, 0.25) is 0 Å². The minimum absolute atomic E-state index is 0.178. The number of pyridine rings is 1. The van der Waals surface area contributed by atoms with Crippen LogP contribution in [0.4, 0.5) is 0 Å². The third kappa shape index (κ3) is 4.05. The minimum Gasteiger partial charge on any atom is -0.460 e. The average Bonchev–Trinajstić information content (AvgIpc) is 3.08. The molecular weight excluding hydrogens is 332 g/mol. The summed E-state index contributed by atoms with van der Waals surface area (Å²) < 4.78 is 6.92. The van der Waals surface area contributed by atoms with Gasteiger partial charge in [-0.25, -0.2) is 9.67 Å². The molecule has 0 aliphatic carbocycles. The summed E-state index contributed by atoms with van der Waals surface area (Å²) in [7, 11) is 0. The summed E-state index contributed by atoms with van der Waals surface area (Å²) in [5.41, 5.74) is 1.99. The highest BCUT2D eigenvalue weighted by molar-refractivity contribution is 5.98. The van der Waals surface area contributed by atoms with E-state index < -0.39 is 5.97 Å². The van der Waals surface area contributed by atoms with Crippen LogP contribution in [0, 0.1) is 0 Å². The number of amides is 1. The number of fused-ring (bicyclic) bond motifs is 1. The maximum Gasteiger partial charge on any atom is 0.325 e. The molecule has 2 heterocycles.